The minimum Gasteiger partial charge on any atom is -0.381 e. The van der Waals surface area contributed by atoms with Gasteiger partial charge in [0.15, 0.2) is 5.96 Å². The molecule has 0 spiro atoms. The van der Waals surface area contributed by atoms with Gasteiger partial charge in [0.05, 0.1) is 12.7 Å². The highest BCUT2D eigenvalue weighted by Gasteiger charge is 2.14. The van der Waals surface area contributed by atoms with Crippen molar-refractivity contribution < 1.29 is 9.47 Å². The molecule has 1 fully saturated rings. The fourth-order valence-electron chi connectivity index (χ4n) is 3.16. The molecule has 5 nitrogen and oxygen atoms in total. The summed E-state index contributed by atoms with van der Waals surface area (Å²) in [7, 11) is 1.79. The molecule has 0 aliphatic carbocycles. The molecule has 1 heterocycles. The van der Waals surface area contributed by atoms with Gasteiger partial charge < -0.3 is 20.1 Å². The molecule has 30 heavy (non-hydrogen) atoms. The van der Waals surface area contributed by atoms with Crippen LogP contribution < -0.4 is 10.6 Å². The Morgan fingerprint density at radius 3 is 2.67 bits per heavy atom. The molecule has 0 unspecified atom stereocenters. The van der Waals surface area contributed by atoms with E-state index in [4.69, 9.17) is 21.1 Å². The van der Waals surface area contributed by atoms with Crippen LogP contribution >= 0.6 is 23.4 Å². The molecule has 0 saturated carbocycles. The normalized spacial score (nSPS) is 15.2. The second kappa shape index (κ2) is 12.8. The lowest BCUT2D eigenvalue weighted by molar-refractivity contribution is -0.0390. The lowest BCUT2D eigenvalue weighted by Crippen LogP contribution is -2.37. The Bertz CT molecular complexity index is 795. The van der Waals surface area contributed by atoms with Crippen molar-refractivity contribution in [1.82, 2.24) is 10.6 Å². The van der Waals surface area contributed by atoms with E-state index in [1.807, 2.05) is 24.3 Å². The van der Waals surface area contributed by atoms with Crippen molar-refractivity contribution in [2.24, 2.45) is 4.99 Å². The van der Waals surface area contributed by atoms with Crippen LogP contribution in [0.25, 0.3) is 0 Å². The maximum absolute atomic E-state index is 6.03. The Hall–Kier alpha value is -1.73. The van der Waals surface area contributed by atoms with E-state index in [0.29, 0.717) is 12.7 Å². The summed E-state index contributed by atoms with van der Waals surface area (Å²) in [5.41, 5.74) is 2.41. The minimum atomic E-state index is 0.314. The Labute approximate surface area is 188 Å². The average molecular weight is 448 g/mol. The first-order chi connectivity index (χ1) is 14.7. The SMILES string of the molecule is CN=C(NCCSc1ccc(Cl)cc1)NCc1cccc(COC2CCOCC2)c1. The van der Waals surface area contributed by atoms with Crippen molar-refractivity contribution in [2.45, 2.75) is 37.0 Å². The molecule has 0 amide bonds. The van der Waals surface area contributed by atoms with E-state index in [9.17, 15) is 0 Å². The zero-order valence-corrected chi connectivity index (χ0v) is 19.0. The van der Waals surface area contributed by atoms with E-state index < -0.39 is 0 Å². The second-order valence-corrected chi connectivity index (χ2v) is 8.70. The number of benzene rings is 2. The molecule has 0 radical (unpaired) electrons. The lowest BCUT2D eigenvalue weighted by atomic mass is 10.1. The van der Waals surface area contributed by atoms with Crippen molar-refractivity contribution in [3.63, 3.8) is 0 Å². The Kier molecular flexibility index (Phi) is 9.83. The highest BCUT2D eigenvalue weighted by atomic mass is 35.5. The molecule has 0 atom stereocenters. The third-order valence-corrected chi connectivity index (χ3v) is 6.07. The maximum atomic E-state index is 6.03. The fourth-order valence-corrected chi connectivity index (χ4v) is 4.06. The zero-order valence-electron chi connectivity index (χ0n) is 17.4. The van der Waals surface area contributed by atoms with Crippen LogP contribution in [0.1, 0.15) is 24.0 Å². The van der Waals surface area contributed by atoms with E-state index in [0.717, 1.165) is 55.9 Å². The van der Waals surface area contributed by atoms with Gasteiger partial charge in [0, 0.05) is 49.0 Å². The van der Waals surface area contributed by atoms with Gasteiger partial charge in [0.2, 0.25) is 0 Å². The van der Waals surface area contributed by atoms with E-state index >= 15 is 0 Å². The number of hydrogen-bond acceptors (Lipinski definition) is 4. The summed E-state index contributed by atoms with van der Waals surface area (Å²) in [5.74, 6) is 1.75. The van der Waals surface area contributed by atoms with Crippen LogP contribution in [0.2, 0.25) is 5.02 Å². The first-order valence-electron chi connectivity index (χ1n) is 10.3. The number of nitrogens with one attached hydrogen (secondary N) is 2. The highest BCUT2D eigenvalue weighted by Crippen LogP contribution is 2.19. The highest BCUT2D eigenvalue weighted by molar-refractivity contribution is 7.99. The van der Waals surface area contributed by atoms with Crippen molar-refractivity contribution in [2.75, 3.05) is 32.6 Å². The summed E-state index contributed by atoms with van der Waals surface area (Å²) in [5, 5.41) is 7.50. The number of aliphatic imine (C=N–C) groups is 1. The molecule has 1 saturated heterocycles. The Morgan fingerprint density at radius 1 is 1.13 bits per heavy atom. The monoisotopic (exact) mass is 447 g/mol. The summed E-state index contributed by atoms with van der Waals surface area (Å²) in [6, 6.07) is 16.4. The molecule has 2 N–H and O–H groups in total. The van der Waals surface area contributed by atoms with Crippen molar-refractivity contribution >= 4 is 29.3 Å². The molecule has 2 aromatic rings. The van der Waals surface area contributed by atoms with Gasteiger partial charge in [-0.15, -0.1) is 11.8 Å². The summed E-state index contributed by atoms with van der Waals surface area (Å²) >= 11 is 7.71. The quantitative estimate of drug-likeness (QED) is 0.256. The van der Waals surface area contributed by atoms with Crippen LogP contribution in [0.4, 0.5) is 0 Å². The smallest absolute Gasteiger partial charge is 0.191 e. The summed E-state index contributed by atoms with van der Waals surface area (Å²) in [6.07, 6.45) is 2.29. The lowest BCUT2D eigenvalue weighted by Gasteiger charge is -2.22. The van der Waals surface area contributed by atoms with Gasteiger partial charge in [0.25, 0.3) is 0 Å². The van der Waals surface area contributed by atoms with Crippen molar-refractivity contribution in [3.05, 3.63) is 64.7 Å². The van der Waals surface area contributed by atoms with Crippen molar-refractivity contribution in [1.29, 1.82) is 0 Å². The Balaban J connectivity index is 1.37. The topological polar surface area (TPSA) is 54.9 Å². The van der Waals surface area contributed by atoms with Gasteiger partial charge in [-0.2, -0.15) is 0 Å². The number of guanidine groups is 1. The molecule has 0 bridgehead atoms. The number of ether oxygens (including phenoxy) is 2. The summed E-state index contributed by atoms with van der Waals surface area (Å²) < 4.78 is 11.4. The summed E-state index contributed by atoms with van der Waals surface area (Å²) in [4.78, 5) is 5.52. The standard InChI is InChI=1S/C23H30ClN3O2S/c1-25-23(26-11-14-30-22-7-5-20(24)6-8-22)27-16-18-3-2-4-19(15-18)17-29-21-9-12-28-13-10-21/h2-8,15,21H,9-14,16-17H2,1H3,(H2,25,26,27). The number of halogens is 1. The van der Waals surface area contributed by atoms with Gasteiger partial charge in [-0.25, -0.2) is 0 Å². The average Bonchev–Trinajstić information content (AvgIpc) is 2.79. The van der Waals surface area contributed by atoms with Crippen LogP contribution in [0.5, 0.6) is 0 Å². The fraction of sp³-hybridized carbons (Fsp3) is 0.435. The molecule has 7 heteroatoms. The molecule has 0 aromatic heterocycles. The largest absolute Gasteiger partial charge is 0.381 e. The van der Waals surface area contributed by atoms with Gasteiger partial charge in [0.1, 0.15) is 0 Å². The number of hydrogen-bond donors (Lipinski definition) is 2. The number of nitrogens with zero attached hydrogens (tertiary/aromatic N) is 1. The third-order valence-electron chi connectivity index (χ3n) is 4.81. The molecule has 2 aromatic carbocycles. The molecular weight excluding hydrogens is 418 g/mol. The van der Waals surface area contributed by atoms with Crippen LogP contribution in [0.3, 0.4) is 0 Å². The zero-order chi connectivity index (χ0) is 21.0. The third kappa shape index (κ3) is 8.19. The molecule has 162 valence electrons. The molecule has 3 rings (SSSR count). The predicted molar refractivity (Wildman–Crippen MR) is 125 cm³/mol. The van der Waals surface area contributed by atoms with E-state index in [1.165, 1.54) is 16.0 Å². The number of rotatable bonds is 9. The van der Waals surface area contributed by atoms with Gasteiger partial charge in [-0.1, -0.05) is 35.9 Å². The first kappa shape index (κ1) is 22.9. The number of thioether (sulfide) groups is 1. The molecule has 1 aliphatic rings. The molecule has 1 aliphatic heterocycles. The van der Waals surface area contributed by atoms with Gasteiger partial charge in [-0.05, 0) is 48.2 Å². The van der Waals surface area contributed by atoms with Crippen LogP contribution in [0, 0.1) is 0 Å². The predicted octanol–water partition coefficient (Wildman–Crippen LogP) is 4.49. The second-order valence-electron chi connectivity index (χ2n) is 7.10. The van der Waals surface area contributed by atoms with Crippen LogP contribution in [-0.4, -0.2) is 44.6 Å². The maximum Gasteiger partial charge on any atom is 0.191 e. The summed E-state index contributed by atoms with van der Waals surface area (Å²) in [6.45, 7) is 3.80. The van der Waals surface area contributed by atoms with Crippen LogP contribution in [0.15, 0.2) is 58.4 Å². The van der Waals surface area contributed by atoms with E-state index in [1.54, 1.807) is 18.8 Å². The first-order valence-corrected chi connectivity index (χ1v) is 11.7. The Morgan fingerprint density at radius 2 is 1.90 bits per heavy atom. The van der Waals surface area contributed by atoms with Gasteiger partial charge in [-0.3, -0.25) is 4.99 Å². The van der Waals surface area contributed by atoms with Crippen molar-refractivity contribution in [3.8, 4) is 0 Å². The van der Waals surface area contributed by atoms with E-state index in [2.05, 4.69) is 39.9 Å². The minimum absolute atomic E-state index is 0.314. The molecular formula is C23H30ClN3O2S. The van der Waals surface area contributed by atoms with Gasteiger partial charge >= 0.3 is 0 Å². The van der Waals surface area contributed by atoms with E-state index in [-0.39, 0.29) is 0 Å². The van der Waals surface area contributed by atoms with Crippen LogP contribution in [-0.2, 0) is 22.6 Å².